The van der Waals surface area contributed by atoms with Gasteiger partial charge in [0.15, 0.2) is 0 Å². The highest BCUT2D eigenvalue weighted by Crippen LogP contribution is 2.36. The van der Waals surface area contributed by atoms with Crippen LogP contribution in [0.3, 0.4) is 0 Å². The number of rotatable bonds is 5. The molecule has 3 aromatic carbocycles. The monoisotopic (exact) mass is 424 g/mol. The molecular weight excluding hydrogens is 392 g/mol. The van der Waals surface area contributed by atoms with E-state index in [1.165, 1.54) is 24.0 Å². The van der Waals surface area contributed by atoms with Crippen LogP contribution < -0.4 is 0 Å². The lowest BCUT2D eigenvalue weighted by Gasteiger charge is -2.38. The summed E-state index contributed by atoms with van der Waals surface area (Å²) in [6.07, 6.45) is 2.88. The molecule has 0 aliphatic carbocycles. The zero-order valence-corrected chi connectivity index (χ0v) is 18.6. The number of likely N-dealkylation sites (tertiary alicyclic amines) is 2. The average molecular weight is 425 g/mol. The quantitative estimate of drug-likeness (QED) is 0.569. The topological polar surface area (TPSA) is 23.6 Å². The lowest BCUT2D eigenvalue weighted by atomic mass is 9.87. The van der Waals surface area contributed by atoms with E-state index in [0.29, 0.717) is 24.3 Å². The molecule has 2 aliphatic rings. The number of carbonyl (C=O) groups excluding carboxylic acids is 1. The molecule has 0 bridgehead atoms. The molecule has 164 valence electrons. The molecule has 3 heteroatoms. The van der Waals surface area contributed by atoms with Gasteiger partial charge in [0, 0.05) is 25.0 Å². The highest BCUT2D eigenvalue weighted by atomic mass is 16.2. The van der Waals surface area contributed by atoms with Crippen LogP contribution in [0.15, 0.2) is 91.0 Å². The van der Waals surface area contributed by atoms with Crippen molar-refractivity contribution in [3.05, 3.63) is 108 Å². The van der Waals surface area contributed by atoms with Crippen LogP contribution in [0.4, 0.5) is 0 Å². The van der Waals surface area contributed by atoms with E-state index in [1.807, 2.05) is 18.2 Å². The molecule has 3 nitrogen and oxygen atoms in total. The first-order valence-electron chi connectivity index (χ1n) is 11.9. The molecule has 32 heavy (non-hydrogen) atoms. The van der Waals surface area contributed by atoms with Crippen molar-refractivity contribution in [2.75, 3.05) is 26.2 Å². The Morgan fingerprint density at radius 3 is 1.91 bits per heavy atom. The van der Waals surface area contributed by atoms with Crippen LogP contribution in [0.5, 0.6) is 0 Å². The standard InChI is InChI=1S/C29H32N2O/c32-29(20-23-10-4-1-5-11-23)31-21-27(26-14-8-3-9-15-26)28(22-31)30-18-16-25(17-19-30)24-12-6-2-7-13-24/h1-15,25,27-28H,16-22H2/t27-,28+/m1/s1. The number of amides is 1. The molecule has 0 spiro atoms. The van der Waals surface area contributed by atoms with Crippen molar-refractivity contribution in [1.82, 2.24) is 9.80 Å². The first kappa shape index (κ1) is 21.0. The minimum absolute atomic E-state index is 0.249. The van der Waals surface area contributed by atoms with Gasteiger partial charge in [0.1, 0.15) is 0 Å². The molecule has 5 rings (SSSR count). The van der Waals surface area contributed by atoms with Gasteiger partial charge in [-0.25, -0.2) is 0 Å². The predicted octanol–water partition coefficient (Wildman–Crippen LogP) is 5.10. The van der Waals surface area contributed by atoms with Gasteiger partial charge >= 0.3 is 0 Å². The summed E-state index contributed by atoms with van der Waals surface area (Å²) in [5.41, 5.74) is 3.93. The van der Waals surface area contributed by atoms with E-state index in [1.54, 1.807) is 0 Å². The third-order valence-electron chi connectivity index (χ3n) is 7.34. The minimum atomic E-state index is 0.249. The van der Waals surface area contributed by atoms with Crippen molar-refractivity contribution < 1.29 is 4.79 Å². The van der Waals surface area contributed by atoms with Crippen molar-refractivity contribution in [3.63, 3.8) is 0 Å². The molecular formula is C29H32N2O. The Morgan fingerprint density at radius 1 is 0.719 bits per heavy atom. The van der Waals surface area contributed by atoms with Gasteiger partial charge in [-0.1, -0.05) is 91.0 Å². The molecule has 3 aromatic rings. The van der Waals surface area contributed by atoms with E-state index >= 15 is 0 Å². The minimum Gasteiger partial charge on any atom is -0.340 e. The number of hydrogen-bond acceptors (Lipinski definition) is 2. The maximum absolute atomic E-state index is 13.2. The first-order valence-corrected chi connectivity index (χ1v) is 11.9. The molecule has 2 heterocycles. The van der Waals surface area contributed by atoms with Gasteiger partial charge in [-0.2, -0.15) is 0 Å². The van der Waals surface area contributed by atoms with Crippen LogP contribution in [0.1, 0.15) is 41.4 Å². The highest BCUT2D eigenvalue weighted by Gasteiger charge is 2.40. The summed E-state index contributed by atoms with van der Waals surface area (Å²) in [6, 6.07) is 32.3. The third-order valence-corrected chi connectivity index (χ3v) is 7.34. The number of benzene rings is 3. The zero-order valence-electron chi connectivity index (χ0n) is 18.6. The highest BCUT2D eigenvalue weighted by molar-refractivity contribution is 5.79. The van der Waals surface area contributed by atoms with Crippen molar-refractivity contribution >= 4 is 5.91 Å². The molecule has 2 fully saturated rings. The van der Waals surface area contributed by atoms with Gasteiger partial charge in [-0.15, -0.1) is 0 Å². The summed E-state index contributed by atoms with van der Waals surface area (Å²) in [5.74, 6) is 1.28. The van der Waals surface area contributed by atoms with Gasteiger partial charge in [0.25, 0.3) is 0 Å². The first-order chi connectivity index (χ1) is 15.8. The lowest BCUT2D eigenvalue weighted by molar-refractivity contribution is -0.129. The second kappa shape index (κ2) is 9.70. The van der Waals surface area contributed by atoms with E-state index in [2.05, 4.69) is 82.6 Å². The van der Waals surface area contributed by atoms with Crippen molar-refractivity contribution in [3.8, 4) is 0 Å². The Bertz CT molecular complexity index is 997. The molecule has 0 N–H and O–H groups in total. The average Bonchev–Trinajstić information content (AvgIpc) is 3.32. The predicted molar refractivity (Wildman–Crippen MR) is 130 cm³/mol. The summed E-state index contributed by atoms with van der Waals surface area (Å²) >= 11 is 0. The van der Waals surface area contributed by atoms with E-state index in [0.717, 1.165) is 31.7 Å². The molecule has 0 radical (unpaired) electrons. The van der Waals surface area contributed by atoms with Crippen LogP contribution in [0.2, 0.25) is 0 Å². The van der Waals surface area contributed by atoms with Crippen LogP contribution >= 0.6 is 0 Å². The Kier molecular flexibility index (Phi) is 6.36. The fraction of sp³-hybridized carbons (Fsp3) is 0.345. The second-order valence-electron chi connectivity index (χ2n) is 9.27. The van der Waals surface area contributed by atoms with Crippen LogP contribution in [0.25, 0.3) is 0 Å². The molecule has 2 aliphatic heterocycles. The molecule has 2 atom stereocenters. The second-order valence-corrected chi connectivity index (χ2v) is 9.27. The Balaban J connectivity index is 1.30. The maximum atomic E-state index is 13.2. The van der Waals surface area contributed by atoms with Gasteiger partial charge in [0.2, 0.25) is 5.91 Å². The number of piperidine rings is 1. The Labute approximate surface area is 191 Å². The van der Waals surface area contributed by atoms with Crippen molar-refractivity contribution in [2.45, 2.75) is 37.1 Å². The summed E-state index contributed by atoms with van der Waals surface area (Å²) < 4.78 is 0. The molecule has 0 unspecified atom stereocenters. The van der Waals surface area contributed by atoms with Gasteiger partial charge < -0.3 is 4.90 Å². The van der Waals surface area contributed by atoms with Crippen LogP contribution in [0, 0.1) is 0 Å². The summed E-state index contributed by atoms with van der Waals surface area (Å²) in [6.45, 7) is 3.86. The van der Waals surface area contributed by atoms with Crippen molar-refractivity contribution in [1.29, 1.82) is 0 Å². The van der Waals surface area contributed by atoms with Gasteiger partial charge in [-0.3, -0.25) is 9.69 Å². The molecule has 2 saturated heterocycles. The SMILES string of the molecule is O=C(Cc1ccccc1)N1C[C@H](c2ccccc2)[C@@H](N2CCC(c3ccccc3)CC2)C1. The Morgan fingerprint density at radius 2 is 1.28 bits per heavy atom. The van der Waals surface area contributed by atoms with E-state index in [4.69, 9.17) is 0 Å². The zero-order chi connectivity index (χ0) is 21.8. The van der Waals surface area contributed by atoms with E-state index in [-0.39, 0.29) is 5.91 Å². The fourth-order valence-electron chi connectivity index (χ4n) is 5.56. The number of nitrogens with zero attached hydrogens (tertiary/aromatic N) is 2. The normalized spacial score (nSPS) is 22.2. The molecule has 0 aromatic heterocycles. The van der Waals surface area contributed by atoms with Crippen LogP contribution in [-0.2, 0) is 11.2 Å². The summed E-state index contributed by atoms with van der Waals surface area (Å²) in [4.78, 5) is 17.9. The summed E-state index contributed by atoms with van der Waals surface area (Å²) in [7, 11) is 0. The number of hydrogen-bond donors (Lipinski definition) is 0. The van der Waals surface area contributed by atoms with E-state index < -0.39 is 0 Å². The largest absolute Gasteiger partial charge is 0.340 e. The maximum Gasteiger partial charge on any atom is 0.227 e. The molecule has 0 saturated carbocycles. The fourth-order valence-corrected chi connectivity index (χ4v) is 5.56. The smallest absolute Gasteiger partial charge is 0.227 e. The number of carbonyl (C=O) groups is 1. The van der Waals surface area contributed by atoms with E-state index in [9.17, 15) is 4.79 Å². The summed E-state index contributed by atoms with van der Waals surface area (Å²) in [5, 5.41) is 0. The van der Waals surface area contributed by atoms with Crippen LogP contribution in [-0.4, -0.2) is 47.9 Å². The van der Waals surface area contributed by atoms with Gasteiger partial charge in [0.05, 0.1) is 6.42 Å². The Hall–Kier alpha value is -2.91. The van der Waals surface area contributed by atoms with Gasteiger partial charge in [-0.05, 0) is 48.5 Å². The van der Waals surface area contributed by atoms with Crippen molar-refractivity contribution in [2.24, 2.45) is 0 Å². The third kappa shape index (κ3) is 4.63. The lowest BCUT2D eigenvalue weighted by Crippen LogP contribution is -2.45. The molecule has 1 amide bonds.